The van der Waals surface area contributed by atoms with Gasteiger partial charge in [-0.3, -0.25) is 4.79 Å². The molecule has 7 heteroatoms. The normalized spacial score (nSPS) is 14.2. The van der Waals surface area contributed by atoms with Gasteiger partial charge in [-0.2, -0.15) is 0 Å². The van der Waals surface area contributed by atoms with E-state index in [2.05, 4.69) is 5.32 Å². The molecule has 1 aliphatic rings. The van der Waals surface area contributed by atoms with Crippen LogP contribution >= 0.6 is 0 Å². The Hall–Kier alpha value is -3.22. The molecule has 2 aromatic carbocycles. The lowest BCUT2D eigenvalue weighted by molar-refractivity contribution is -0.121. The predicted octanol–water partition coefficient (Wildman–Crippen LogP) is 3.03. The highest BCUT2D eigenvalue weighted by Crippen LogP contribution is 2.27. The van der Waals surface area contributed by atoms with Crippen LogP contribution in [0.5, 0.6) is 17.2 Å². The molecule has 7 nitrogen and oxygen atoms in total. The number of ether oxygens (including phenoxy) is 3. The van der Waals surface area contributed by atoms with E-state index in [1.807, 2.05) is 24.3 Å². The highest BCUT2D eigenvalue weighted by Gasteiger charge is 2.25. The maximum absolute atomic E-state index is 12.4. The van der Waals surface area contributed by atoms with Crippen molar-refractivity contribution in [2.45, 2.75) is 25.3 Å². The Balaban J connectivity index is 1.45. The number of piperidine rings is 1. The van der Waals surface area contributed by atoms with Crippen molar-refractivity contribution in [1.82, 2.24) is 10.2 Å². The van der Waals surface area contributed by atoms with E-state index >= 15 is 0 Å². The third-order valence-corrected chi connectivity index (χ3v) is 4.88. The molecule has 0 spiro atoms. The van der Waals surface area contributed by atoms with E-state index in [1.165, 1.54) is 0 Å². The number of nitrogens with zero attached hydrogens (tertiary/aromatic N) is 1. The molecule has 0 bridgehead atoms. The van der Waals surface area contributed by atoms with Gasteiger partial charge in [-0.15, -0.1) is 0 Å². The van der Waals surface area contributed by atoms with Crippen molar-refractivity contribution in [3.05, 3.63) is 54.1 Å². The molecule has 0 radical (unpaired) electrons. The van der Waals surface area contributed by atoms with Crippen LogP contribution in [-0.2, 0) is 11.2 Å². The zero-order valence-electron chi connectivity index (χ0n) is 16.7. The first-order valence-corrected chi connectivity index (χ1v) is 9.61. The van der Waals surface area contributed by atoms with Crippen LogP contribution in [0.15, 0.2) is 48.5 Å². The Morgan fingerprint density at radius 2 is 1.69 bits per heavy atom. The monoisotopic (exact) mass is 398 g/mol. The number of nitrogens with one attached hydrogen (secondary N) is 1. The largest absolute Gasteiger partial charge is 0.493 e. The van der Waals surface area contributed by atoms with Gasteiger partial charge in [0.25, 0.3) is 0 Å². The van der Waals surface area contributed by atoms with E-state index in [9.17, 15) is 9.59 Å². The van der Waals surface area contributed by atoms with Crippen LogP contribution < -0.4 is 19.5 Å². The number of likely N-dealkylation sites (tertiary alicyclic amines) is 1. The van der Waals surface area contributed by atoms with Crippen molar-refractivity contribution < 1.29 is 23.8 Å². The van der Waals surface area contributed by atoms with Gasteiger partial charge < -0.3 is 24.4 Å². The first kappa shape index (κ1) is 20.5. The lowest BCUT2D eigenvalue weighted by Gasteiger charge is -2.31. The zero-order valence-corrected chi connectivity index (χ0v) is 16.7. The minimum atomic E-state index is -0.355. The summed E-state index contributed by atoms with van der Waals surface area (Å²) in [4.78, 5) is 26.3. The van der Waals surface area contributed by atoms with Crippen LogP contribution in [0.1, 0.15) is 18.4 Å². The van der Waals surface area contributed by atoms with Gasteiger partial charge in [-0.05, 0) is 42.7 Å². The van der Waals surface area contributed by atoms with Crippen molar-refractivity contribution in [2.24, 2.45) is 0 Å². The van der Waals surface area contributed by atoms with E-state index in [1.54, 1.807) is 43.4 Å². The third kappa shape index (κ3) is 5.63. The van der Waals surface area contributed by atoms with E-state index < -0.39 is 0 Å². The third-order valence-electron chi connectivity index (χ3n) is 4.88. The molecule has 0 atom stereocenters. The molecule has 1 heterocycles. The maximum Gasteiger partial charge on any atom is 0.415 e. The van der Waals surface area contributed by atoms with Gasteiger partial charge in [-0.1, -0.05) is 24.3 Å². The highest BCUT2D eigenvalue weighted by molar-refractivity contribution is 5.79. The van der Waals surface area contributed by atoms with Crippen LogP contribution in [-0.4, -0.2) is 50.3 Å². The predicted molar refractivity (Wildman–Crippen MR) is 108 cm³/mol. The second-order valence-electron chi connectivity index (χ2n) is 6.88. The van der Waals surface area contributed by atoms with E-state index in [0.29, 0.717) is 43.2 Å². The standard InChI is InChI=1S/C22H26N2O5/c1-27-19-9-8-16(14-20(19)28-2)15-21(25)23-17-10-12-24(13-11-17)22(26)29-18-6-4-3-5-7-18/h3-9,14,17H,10-13,15H2,1-2H3,(H,23,25). The average Bonchev–Trinajstić information content (AvgIpc) is 2.74. The fraction of sp³-hybridized carbons (Fsp3) is 0.364. The van der Waals surface area contributed by atoms with Crippen molar-refractivity contribution in [2.75, 3.05) is 27.3 Å². The summed E-state index contributed by atoms with van der Waals surface area (Å²) in [7, 11) is 3.14. The smallest absolute Gasteiger partial charge is 0.415 e. The Morgan fingerprint density at radius 1 is 1.00 bits per heavy atom. The second kappa shape index (κ2) is 9.82. The topological polar surface area (TPSA) is 77.1 Å². The summed E-state index contributed by atoms with van der Waals surface area (Å²) < 4.78 is 15.9. The van der Waals surface area contributed by atoms with Crippen molar-refractivity contribution in [3.8, 4) is 17.2 Å². The quantitative estimate of drug-likeness (QED) is 0.809. The van der Waals surface area contributed by atoms with E-state index in [0.717, 1.165) is 5.56 Å². The highest BCUT2D eigenvalue weighted by atomic mass is 16.6. The number of carbonyl (C=O) groups is 2. The Labute approximate surface area is 170 Å². The molecular weight excluding hydrogens is 372 g/mol. The van der Waals surface area contributed by atoms with E-state index in [-0.39, 0.29) is 24.5 Å². The molecule has 0 unspecified atom stereocenters. The number of benzene rings is 2. The van der Waals surface area contributed by atoms with Gasteiger partial charge in [-0.25, -0.2) is 4.79 Å². The lowest BCUT2D eigenvalue weighted by Crippen LogP contribution is -2.47. The minimum absolute atomic E-state index is 0.0448. The molecular formula is C22H26N2O5. The van der Waals surface area contributed by atoms with Gasteiger partial charge in [0.15, 0.2) is 11.5 Å². The Kier molecular flexibility index (Phi) is 6.94. The molecule has 0 aromatic heterocycles. The number of hydrogen-bond acceptors (Lipinski definition) is 5. The lowest BCUT2D eigenvalue weighted by atomic mass is 10.0. The number of methoxy groups -OCH3 is 2. The molecule has 1 aliphatic heterocycles. The first-order valence-electron chi connectivity index (χ1n) is 9.61. The minimum Gasteiger partial charge on any atom is -0.493 e. The molecule has 2 aromatic rings. The molecule has 1 fully saturated rings. The SMILES string of the molecule is COc1ccc(CC(=O)NC2CCN(C(=O)Oc3ccccc3)CC2)cc1OC. The first-order chi connectivity index (χ1) is 14.1. The maximum atomic E-state index is 12.4. The molecule has 1 saturated heterocycles. The molecule has 29 heavy (non-hydrogen) atoms. The summed E-state index contributed by atoms with van der Waals surface area (Å²) in [5.41, 5.74) is 0.851. The summed E-state index contributed by atoms with van der Waals surface area (Å²) in [6.07, 6.45) is 1.30. The second-order valence-corrected chi connectivity index (χ2v) is 6.88. The summed E-state index contributed by atoms with van der Waals surface area (Å²) >= 11 is 0. The number of carbonyl (C=O) groups excluding carboxylic acids is 2. The van der Waals surface area contributed by atoms with Gasteiger partial charge in [0, 0.05) is 19.1 Å². The van der Waals surface area contributed by atoms with Crippen molar-refractivity contribution >= 4 is 12.0 Å². The van der Waals surface area contributed by atoms with Crippen LogP contribution in [0, 0.1) is 0 Å². The van der Waals surface area contributed by atoms with Crippen LogP contribution in [0.2, 0.25) is 0 Å². The molecule has 0 saturated carbocycles. The zero-order chi connectivity index (χ0) is 20.6. The number of para-hydroxylation sites is 1. The van der Waals surface area contributed by atoms with Gasteiger partial charge in [0.05, 0.1) is 20.6 Å². The summed E-state index contributed by atoms with van der Waals surface area (Å²) in [5, 5.41) is 3.05. The molecule has 0 aliphatic carbocycles. The molecule has 154 valence electrons. The molecule has 2 amide bonds. The summed E-state index contributed by atoms with van der Waals surface area (Å²) in [6.45, 7) is 1.10. The Morgan fingerprint density at radius 3 is 2.34 bits per heavy atom. The van der Waals surface area contributed by atoms with Crippen LogP contribution in [0.4, 0.5) is 4.79 Å². The molecule has 3 rings (SSSR count). The van der Waals surface area contributed by atoms with Gasteiger partial charge in [0.2, 0.25) is 5.91 Å². The Bertz CT molecular complexity index is 832. The average molecular weight is 398 g/mol. The molecule has 1 N–H and O–H groups in total. The van der Waals surface area contributed by atoms with Gasteiger partial charge >= 0.3 is 6.09 Å². The van der Waals surface area contributed by atoms with E-state index in [4.69, 9.17) is 14.2 Å². The van der Waals surface area contributed by atoms with Gasteiger partial charge in [0.1, 0.15) is 5.75 Å². The fourth-order valence-corrected chi connectivity index (χ4v) is 3.31. The van der Waals surface area contributed by atoms with Crippen LogP contribution in [0.3, 0.4) is 0 Å². The van der Waals surface area contributed by atoms with Crippen LogP contribution in [0.25, 0.3) is 0 Å². The number of hydrogen-bond donors (Lipinski definition) is 1. The number of amides is 2. The summed E-state index contributed by atoms with van der Waals surface area (Å²) in [5.74, 6) is 1.71. The fourth-order valence-electron chi connectivity index (χ4n) is 3.31. The summed E-state index contributed by atoms with van der Waals surface area (Å²) in [6, 6.07) is 14.5. The van der Waals surface area contributed by atoms with Crippen molar-refractivity contribution in [3.63, 3.8) is 0 Å². The number of rotatable bonds is 6. The van der Waals surface area contributed by atoms with Crippen molar-refractivity contribution in [1.29, 1.82) is 0 Å².